The molecule has 1 saturated heterocycles. The fourth-order valence-electron chi connectivity index (χ4n) is 3.62. The molecule has 0 unspecified atom stereocenters. The molecule has 2 aromatic carbocycles. The number of fused-ring (bicyclic) bond motifs is 1. The summed E-state index contributed by atoms with van der Waals surface area (Å²) in [6.07, 6.45) is 3.08. The number of hydrogen-bond donors (Lipinski definition) is 1. The van der Waals surface area contributed by atoms with Gasteiger partial charge in [0, 0.05) is 23.5 Å². The van der Waals surface area contributed by atoms with E-state index in [0.29, 0.717) is 5.02 Å². The molecule has 1 aromatic heterocycles. The van der Waals surface area contributed by atoms with Crippen molar-refractivity contribution >= 4 is 28.3 Å². The third-order valence-electron chi connectivity index (χ3n) is 5.00. The molecule has 0 bridgehead atoms. The lowest BCUT2D eigenvalue weighted by Gasteiger charge is -2.35. The van der Waals surface area contributed by atoms with Crippen LogP contribution in [0, 0.1) is 5.92 Å². The predicted molar refractivity (Wildman–Crippen MR) is 101 cm³/mol. The minimum absolute atomic E-state index is 0.279. The van der Waals surface area contributed by atoms with Gasteiger partial charge >= 0.3 is 0 Å². The van der Waals surface area contributed by atoms with Crippen molar-refractivity contribution in [3.05, 3.63) is 65.4 Å². The molecule has 0 amide bonds. The van der Waals surface area contributed by atoms with E-state index >= 15 is 0 Å². The minimum Gasteiger partial charge on any atom is -0.388 e. The molecule has 3 aromatic rings. The maximum atomic E-state index is 10.6. The number of halogens is 1. The Morgan fingerprint density at radius 2 is 1.80 bits per heavy atom. The molecule has 1 aliphatic heterocycles. The highest BCUT2D eigenvalue weighted by Gasteiger charge is 2.27. The summed E-state index contributed by atoms with van der Waals surface area (Å²) in [5.74, 6) is 1.23. The summed E-state index contributed by atoms with van der Waals surface area (Å²) in [5.41, 5.74) is 1.87. The quantitative estimate of drug-likeness (QED) is 0.765. The van der Waals surface area contributed by atoms with E-state index in [2.05, 4.69) is 14.9 Å². The van der Waals surface area contributed by atoms with E-state index in [4.69, 9.17) is 11.6 Å². The first-order valence-corrected chi connectivity index (χ1v) is 8.98. The van der Waals surface area contributed by atoms with Crippen molar-refractivity contribution in [2.75, 3.05) is 18.0 Å². The van der Waals surface area contributed by atoms with Gasteiger partial charge in [0.25, 0.3) is 0 Å². The van der Waals surface area contributed by atoms with Gasteiger partial charge < -0.3 is 10.0 Å². The van der Waals surface area contributed by atoms with Gasteiger partial charge in [0.2, 0.25) is 0 Å². The second-order valence-corrected chi connectivity index (χ2v) is 6.98. The van der Waals surface area contributed by atoms with E-state index in [1.807, 2.05) is 48.5 Å². The third-order valence-corrected chi connectivity index (χ3v) is 5.24. The van der Waals surface area contributed by atoms with Gasteiger partial charge in [-0.1, -0.05) is 41.9 Å². The van der Waals surface area contributed by atoms with Crippen LogP contribution in [-0.4, -0.2) is 28.2 Å². The normalized spacial score (nSPS) is 17.0. The zero-order chi connectivity index (χ0) is 17.2. The summed E-state index contributed by atoms with van der Waals surface area (Å²) in [6, 6.07) is 15.7. The number of benzene rings is 2. The van der Waals surface area contributed by atoms with Crippen molar-refractivity contribution in [2.45, 2.75) is 18.9 Å². The fourth-order valence-corrected chi connectivity index (χ4v) is 3.78. The van der Waals surface area contributed by atoms with Crippen LogP contribution in [0.5, 0.6) is 0 Å². The Morgan fingerprint density at radius 1 is 1.04 bits per heavy atom. The van der Waals surface area contributed by atoms with Gasteiger partial charge in [0.15, 0.2) is 0 Å². The lowest BCUT2D eigenvalue weighted by Crippen LogP contribution is -2.36. The molecule has 0 radical (unpaired) electrons. The standard InChI is InChI=1S/C20H20ClN3O/c21-16-6-7-17-18(12-16)22-13-23-20(17)24-10-8-15(9-11-24)19(25)14-4-2-1-3-5-14/h1-7,12-13,15,19,25H,8-11H2/t19-/m0/s1. The number of rotatable bonds is 3. The summed E-state index contributed by atoms with van der Waals surface area (Å²) >= 11 is 6.07. The van der Waals surface area contributed by atoms with Gasteiger partial charge in [-0.05, 0) is 42.5 Å². The van der Waals surface area contributed by atoms with Crippen LogP contribution >= 0.6 is 11.6 Å². The Kier molecular flexibility index (Phi) is 4.55. The lowest BCUT2D eigenvalue weighted by molar-refractivity contribution is 0.0929. The second kappa shape index (κ2) is 6.98. The molecular weight excluding hydrogens is 334 g/mol. The van der Waals surface area contributed by atoms with Crippen LogP contribution in [0.15, 0.2) is 54.9 Å². The largest absolute Gasteiger partial charge is 0.388 e. The SMILES string of the molecule is O[C@@H](c1ccccc1)C1CCN(c2ncnc3cc(Cl)ccc23)CC1. The van der Waals surface area contributed by atoms with Crippen LogP contribution in [0.1, 0.15) is 24.5 Å². The predicted octanol–water partition coefficient (Wildman–Crippen LogP) is 4.23. The first kappa shape index (κ1) is 16.3. The zero-order valence-corrected chi connectivity index (χ0v) is 14.6. The third kappa shape index (κ3) is 3.32. The van der Waals surface area contributed by atoms with Crippen LogP contribution in [0.3, 0.4) is 0 Å². The molecule has 2 heterocycles. The maximum absolute atomic E-state index is 10.6. The molecule has 4 nitrogen and oxygen atoms in total. The molecule has 0 saturated carbocycles. The van der Waals surface area contributed by atoms with E-state index in [0.717, 1.165) is 48.2 Å². The van der Waals surface area contributed by atoms with E-state index in [9.17, 15) is 5.11 Å². The molecular formula is C20H20ClN3O. The average Bonchev–Trinajstić information content (AvgIpc) is 2.67. The Bertz CT molecular complexity index is 863. The van der Waals surface area contributed by atoms with Crippen molar-refractivity contribution in [1.29, 1.82) is 0 Å². The lowest BCUT2D eigenvalue weighted by atomic mass is 9.87. The smallest absolute Gasteiger partial charge is 0.139 e. The van der Waals surface area contributed by atoms with Crippen molar-refractivity contribution < 1.29 is 5.11 Å². The first-order chi connectivity index (χ1) is 12.2. The fraction of sp³-hybridized carbons (Fsp3) is 0.300. The molecule has 128 valence electrons. The van der Waals surface area contributed by atoms with E-state index in [-0.39, 0.29) is 5.92 Å². The number of piperidine rings is 1. The van der Waals surface area contributed by atoms with E-state index in [1.54, 1.807) is 6.33 Å². The Morgan fingerprint density at radius 3 is 2.56 bits per heavy atom. The Balaban J connectivity index is 1.51. The minimum atomic E-state index is -0.399. The number of aliphatic hydroxyl groups excluding tert-OH is 1. The number of hydrogen-bond acceptors (Lipinski definition) is 4. The van der Waals surface area contributed by atoms with Gasteiger partial charge in [-0.15, -0.1) is 0 Å². The molecule has 1 N–H and O–H groups in total. The topological polar surface area (TPSA) is 49.2 Å². The van der Waals surface area contributed by atoms with Crippen LogP contribution in [0.2, 0.25) is 5.02 Å². The van der Waals surface area contributed by atoms with Crippen LogP contribution in [-0.2, 0) is 0 Å². The van der Waals surface area contributed by atoms with Crippen molar-refractivity contribution in [1.82, 2.24) is 9.97 Å². The summed E-state index contributed by atoms with van der Waals surface area (Å²) in [6.45, 7) is 1.76. The summed E-state index contributed by atoms with van der Waals surface area (Å²) in [7, 11) is 0. The monoisotopic (exact) mass is 353 g/mol. The molecule has 25 heavy (non-hydrogen) atoms. The van der Waals surface area contributed by atoms with E-state index in [1.165, 1.54) is 0 Å². The molecule has 1 fully saturated rings. The highest BCUT2D eigenvalue weighted by molar-refractivity contribution is 6.31. The van der Waals surface area contributed by atoms with Gasteiger partial charge in [-0.3, -0.25) is 0 Å². The average molecular weight is 354 g/mol. The van der Waals surface area contributed by atoms with E-state index < -0.39 is 6.10 Å². The van der Waals surface area contributed by atoms with Gasteiger partial charge in [-0.25, -0.2) is 9.97 Å². The number of aliphatic hydroxyl groups is 1. The van der Waals surface area contributed by atoms with Gasteiger partial charge in [-0.2, -0.15) is 0 Å². The Hall–Kier alpha value is -2.17. The maximum Gasteiger partial charge on any atom is 0.139 e. The molecule has 0 aliphatic carbocycles. The van der Waals surface area contributed by atoms with Crippen molar-refractivity contribution in [3.63, 3.8) is 0 Å². The highest BCUT2D eigenvalue weighted by atomic mass is 35.5. The van der Waals surface area contributed by atoms with Crippen molar-refractivity contribution in [2.24, 2.45) is 5.92 Å². The molecule has 0 spiro atoms. The summed E-state index contributed by atoms with van der Waals surface area (Å²) < 4.78 is 0. The molecule has 4 rings (SSSR count). The van der Waals surface area contributed by atoms with Crippen LogP contribution in [0.25, 0.3) is 10.9 Å². The molecule has 5 heteroatoms. The highest BCUT2D eigenvalue weighted by Crippen LogP contribution is 2.33. The number of nitrogens with zero attached hydrogens (tertiary/aromatic N) is 3. The number of anilines is 1. The first-order valence-electron chi connectivity index (χ1n) is 8.60. The van der Waals surface area contributed by atoms with Gasteiger partial charge in [0.1, 0.15) is 12.1 Å². The van der Waals surface area contributed by atoms with Crippen LogP contribution < -0.4 is 4.90 Å². The van der Waals surface area contributed by atoms with Crippen molar-refractivity contribution in [3.8, 4) is 0 Å². The number of aromatic nitrogens is 2. The Labute approximate surface area is 152 Å². The van der Waals surface area contributed by atoms with Crippen LogP contribution in [0.4, 0.5) is 5.82 Å². The summed E-state index contributed by atoms with van der Waals surface area (Å²) in [4.78, 5) is 11.1. The molecule has 1 aliphatic rings. The second-order valence-electron chi connectivity index (χ2n) is 6.54. The zero-order valence-electron chi connectivity index (χ0n) is 13.8. The molecule has 1 atom stereocenters. The van der Waals surface area contributed by atoms with Gasteiger partial charge in [0.05, 0.1) is 11.6 Å². The summed E-state index contributed by atoms with van der Waals surface area (Å²) in [5, 5.41) is 12.4.